The van der Waals surface area contributed by atoms with Gasteiger partial charge in [-0.25, -0.2) is 4.98 Å². The standard InChI is InChI=1S/C19H16N4O2S2/c1-11-3-2-4-12(9-11)17-21-15(25-22-17)10-27-19-20-14-7-8-26-16(14)18(24)23(19)13-5-6-13/h2-4,7-9,13H,5-6,10H2,1H3. The molecule has 1 aromatic carbocycles. The summed E-state index contributed by atoms with van der Waals surface area (Å²) in [4.78, 5) is 22.0. The molecule has 0 N–H and O–H groups in total. The van der Waals surface area contributed by atoms with E-state index in [9.17, 15) is 4.79 Å². The molecule has 4 aromatic rings. The topological polar surface area (TPSA) is 73.8 Å². The first-order chi connectivity index (χ1) is 13.2. The van der Waals surface area contributed by atoms with E-state index in [0.717, 1.165) is 39.3 Å². The Hall–Kier alpha value is -2.45. The predicted octanol–water partition coefficient (Wildman–Crippen LogP) is 4.44. The number of hydrogen-bond donors (Lipinski definition) is 0. The Balaban J connectivity index is 1.42. The summed E-state index contributed by atoms with van der Waals surface area (Å²) in [5, 5.41) is 6.72. The van der Waals surface area contributed by atoms with Crippen molar-refractivity contribution in [2.75, 3.05) is 0 Å². The Morgan fingerprint density at radius 3 is 3.00 bits per heavy atom. The molecular formula is C19H16N4O2S2. The van der Waals surface area contributed by atoms with Gasteiger partial charge in [0.05, 0.1) is 11.3 Å². The molecule has 3 heterocycles. The highest BCUT2D eigenvalue weighted by atomic mass is 32.2. The van der Waals surface area contributed by atoms with Crippen molar-refractivity contribution in [2.24, 2.45) is 0 Å². The van der Waals surface area contributed by atoms with E-state index >= 15 is 0 Å². The van der Waals surface area contributed by atoms with Crippen molar-refractivity contribution < 1.29 is 4.52 Å². The van der Waals surface area contributed by atoms with Gasteiger partial charge in [-0.2, -0.15) is 4.98 Å². The molecule has 0 aliphatic heterocycles. The Morgan fingerprint density at radius 1 is 1.30 bits per heavy atom. The van der Waals surface area contributed by atoms with Crippen LogP contribution in [0.3, 0.4) is 0 Å². The van der Waals surface area contributed by atoms with E-state index in [2.05, 4.69) is 10.1 Å². The fraction of sp³-hybridized carbons (Fsp3) is 0.263. The van der Waals surface area contributed by atoms with Crippen LogP contribution in [0.15, 0.2) is 50.2 Å². The zero-order chi connectivity index (χ0) is 18.4. The van der Waals surface area contributed by atoms with Crippen LogP contribution in [-0.4, -0.2) is 19.7 Å². The van der Waals surface area contributed by atoms with Gasteiger partial charge < -0.3 is 4.52 Å². The van der Waals surface area contributed by atoms with E-state index in [0.29, 0.717) is 17.5 Å². The summed E-state index contributed by atoms with van der Waals surface area (Å²) in [5.41, 5.74) is 2.90. The molecular weight excluding hydrogens is 380 g/mol. The van der Waals surface area contributed by atoms with Crippen LogP contribution in [0, 0.1) is 6.92 Å². The quantitative estimate of drug-likeness (QED) is 0.367. The largest absolute Gasteiger partial charge is 0.338 e. The molecule has 1 aliphatic rings. The number of benzene rings is 1. The Morgan fingerprint density at radius 2 is 2.19 bits per heavy atom. The van der Waals surface area contributed by atoms with Crippen LogP contribution in [0.5, 0.6) is 0 Å². The molecule has 0 unspecified atom stereocenters. The molecule has 6 nitrogen and oxygen atoms in total. The van der Waals surface area contributed by atoms with Crippen LogP contribution in [-0.2, 0) is 5.75 Å². The minimum atomic E-state index is 0.0611. The molecule has 0 amide bonds. The van der Waals surface area contributed by atoms with Gasteiger partial charge in [0, 0.05) is 11.6 Å². The lowest BCUT2D eigenvalue weighted by atomic mass is 10.1. The summed E-state index contributed by atoms with van der Waals surface area (Å²) in [5.74, 6) is 1.59. The van der Waals surface area contributed by atoms with Crippen molar-refractivity contribution >= 4 is 33.3 Å². The molecule has 0 bridgehead atoms. The van der Waals surface area contributed by atoms with Gasteiger partial charge in [0.25, 0.3) is 5.56 Å². The normalized spacial score (nSPS) is 14.1. The first-order valence-electron chi connectivity index (χ1n) is 8.71. The zero-order valence-electron chi connectivity index (χ0n) is 14.6. The Kier molecular flexibility index (Phi) is 4.09. The third-order valence-electron chi connectivity index (χ3n) is 4.46. The molecule has 0 saturated heterocycles. The van der Waals surface area contributed by atoms with Gasteiger partial charge in [-0.3, -0.25) is 9.36 Å². The van der Waals surface area contributed by atoms with Crippen LogP contribution in [0.1, 0.15) is 30.3 Å². The highest BCUT2D eigenvalue weighted by molar-refractivity contribution is 7.98. The lowest BCUT2D eigenvalue weighted by molar-refractivity contribution is 0.391. The van der Waals surface area contributed by atoms with Crippen LogP contribution < -0.4 is 5.56 Å². The summed E-state index contributed by atoms with van der Waals surface area (Å²) in [6.45, 7) is 2.03. The second kappa shape index (κ2) is 6.61. The number of nitrogens with zero attached hydrogens (tertiary/aromatic N) is 4. The summed E-state index contributed by atoms with van der Waals surface area (Å²) in [6, 6.07) is 10.2. The van der Waals surface area contributed by atoms with Crippen molar-refractivity contribution in [3.8, 4) is 11.4 Å². The zero-order valence-corrected chi connectivity index (χ0v) is 16.2. The minimum Gasteiger partial charge on any atom is -0.338 e. The van der Waals surface area contributed by atoms with Gasteiger partial charge in [0.1, 0.15) is 4.70 Å². The molecule has 3 aromatic heterocycles. The predicted molar refractivity (Wildman–Crippen MR) is 106 cm³/mol. The Labute approximate surface area is 163 Å². The second-order valence-electron chi connectivity index (χ2n) is 6.61. The fourth-order valence-corrected chi connectivity index (χ4v) is 4.67. The molecule has 0 radical (unpaired) electrons. The number of fused-ring (bicyclic) bond motifs is 1. The van der Waals surface area contributed by atoms with E-state index in [-0.39, 0.29) is 11.6 Å². The molecule has 136 valence electrons. The van der Waals surface area contributed by atoms with E-state index in [1.54, 1.807) is 0 Å². The lowest BCUT2D eigenvalue weighted by Gasteiger charge is -2.09. The summed E-state index contributed by atoms with van der Waals surface area (Å²) in [7, 11) is 0. The molecule has 27 heavy (non-hydrogen) atoms. The molecule has 0 spiro atoms. The first-order valence-corrected chi connectivity index (χ1v) is 10.6. The van der Waals surface area contributed by atoms with Gasteiger partial charge in [-0.05, 0) is 37.3 Å². The fourth-order valence-electron chi connectivity index (χ4n) is 3.00. The van der Waals surface area contributed by atoms with Crippen LogP contribution >= 0.6 is 23.1 Å². The summed E-state index contributed by atoms with van der Waals surface area (Å²) < 4.78 is 7.97. The molecule has 8 heteroatoms. The second-order valence-corrected chi connectivity index (χ2v) is 8.46. The highest BCUT2D eigenvalue weighted by Crippen LogP contribution is 2.37. The minimum absolute atomic E-state index is 0.0611. The van der Waals surface area contributed by atoms with Crippen LogP contribution in [0.4, 0.5) is 0 Å². The van der Waals surface area contributed by atoms with E-state index in [1.165, 1.54) is 23.1 Å². The number of hydrogen-bond acceptors (Lipinski definition) is 7. The van der Waals surface area contributed by atoms with Crippen molar-refractivity contribution in [3.63, 3.8) is 0 Å². The van der Waals surface area contributed by atoms with E-state index in [1.807, 2.05) is 47.2 Å². The number of aromatic nitrogens is 4. The third kappa shape index (κ3) is 3.19. The third-order valence-corrected chi connectivity index (χ3v) is 6.29. The molecule has 5 rings (SSSR count). The summed E-state index contributed by atoms with van der Waals surface area (Å²) in [6.07, 6.45) is 2.06. The van der Waals surface area contributed by atoms with Crippen molar-refractivity contribution in [2.45, 2.75) is 36.7 Å². The van der Waals surface area contributed by atoms with Crippen molar-refractivity contribution in [1.29, 1.82) is 0 Å². The van der Waals surface area contributed by atoms with Gasteiger partial charge in [-0.15, -0.1) is 11.3 Å². The van der Waals surface area contributed by atoms with Crippen LogP contribution in [0.25, 0.3) is 21.6 Å². The monoisotopic (exact) mass is 396 g/mol. The number of aryl methyl sites for hydroxylation is 1. The SMILES string of the molecule is Cc1cccc(-c2noc(CSc3nc4ccsc4c(=O)n3C3CC3)n2)c1. The van der Waals surface area contributed by atoms with Gasteiger partial charge in [-0.1, -0.05) is 40.7 Å². The maximum absolute atomic E-state index is 12.8. The number of rotatable bonds is 5. The van der Waals surface area contributed by atoms with E-state index in [4.69, 9.17) is 9.51 Å². The van der Waals surface area contributed by atoms with Crippen molar-refractivity contribution in [3.05, 3.63) is 57.5 Å². The maximum Gasteiger partial charge on any atom is 0.272 e. The van der Waals surface area contributed by atoms with Gasteiger partial charge in [0.15, 0.2) is 5.16 Å². The highest BCUT2D eigenvalue weighted by Gasteiger charge is 2.29. The molecule has 1 saturated carbocycles. The van der Waals surface area contributed by atoms with Crippen molar-refractivity contribution in [1.82, 2.24) is 19.7 Å². The van der Waals surface area contributed by atoms with Crippen LogP contribution in [0.2, 0.25) is 0 Å². The molecule has 1 fully saturated rings. The smallest absolute Gasteiger partial charge is 0.272 e. The van der Waals surface area contributed by atoms with Gasteiger partial charge in [0.2, 0.25) is 11.7 Å². The first kappa shape index (κ1) is 16.7. The summed E-state index contributed by atoms with van der Waals surface area (Å²) >= 11 is 2.93. The Bertz CT molecular complexity index is 1190. The molecule has 0 atom stereocenters. The molecule has 1 aliphatic carbocycles. The lowest BCUT2D eigenvalue weighted by Crippen LogP contribution is -2.21. The van der Waals surface area contributed by atoms with E-state index < -0.39 is 0 Å². The average molecular weight is 396 g/mol. The average Bonchev–Trinajstić information content (AvgIpc) is 3.18. The number of thioether (sulfide) groups is 1. The number of thiophene rings is 1. The maximum atomic E-state index is 12.8. The van der Waals surface area contributed by atoms with Gasteiger partial charge >= 0.3 is 0 Å².